The van der Waals surface area contributed by atoms with Crippen LogP contribution in [0, 0.1) is 0 Å². The van der Waals surface area contributed by atoms with Crippen molar-refractivity contribution in [2.75, 3.05) is 13.7 Å². The Morgan fingerprint density at radius 3 is 1.36 bits per heavy atom. The summed E-state index contributed by atoms with van der Waals surface area (Å²) in [4.78, 5) is 23.2. The molecule has 0 aliphatic carbocycles. The molecule has 0 aliphatic heterocycles. The molecule has 5 heteroatoms. The fourth-order valence-electron chi connectivity index (χ4n) is 5.83. The molecule has 1 rings (SSSR count). The third kappa shape index (κ3) is 25.6. The minimum Gasteiger partial charge on any atom is -0.493 e. The topological polar surface area (TPSA) is 61.8 Å². The molecule has 1 aromatic carbocycles. The van der Waals surface area contributed by atoms with Gasteiger partial charge in [0, 0.05) is 13.0 Å². The van der Waals surface area contributed by atoms with Crippen LogP contribution in [0.4, 0.5) is 0 Å². The van der Waals surface area contributed by atoms with E-state index in [1.807, 2.05) is 0 Å². The Kier molecular flexibility index (Phi) is 27.5. The minimum atomic E-state index is -0.411. The number of hydrogen-bond acceptors (Lipinski definition) is 5. The molecular weight excluding hydrogens is 560 g/mol. The summed E-state index contributed by atoms with van der Waals surface area (Å²) in [6.45, 7) is 4.09. The van der Waals surface area contributed by atoms with Gasteiger partial charge in [0.1, 0.15) is 0 Å². The van der Waals surface area contributed by atoms with E-state index in [0.29, 0.717) is 18.1 Å². The Bertz CT molecular complexity index is 877. The van der Waals surface area contributed by atoms with Gasteiger partial charge in [-0.15, -0.1) is 0 Å². The molecule has 45 heavy (non-hydrogen) atoms. The van der Waals surface area contributed by atoms with Crippen molar-refractivity contribution in [2.24, 2.45) is 0 Å². The van der Waals surface area contributed by atoms with Crippen molar-refractivity contribution < 1.29 is 23.8 Å². The highest BCUT2D eigenvalue weighted by Crippen LogP contribution is 2.28. The predicted molar refractivity (Wildman–Crippen MR) is 190 cm³/mol. The van der Waals surface area contributed by atoms with Crippen LogP contribution in [0.2, 0.25) is 0 Å². The summed E-state index contributed by atoms with van der Waals surface area (Å²) in [5.41, 5.74) is 0.764. The summed E-state index contributed by atoms with van der Waals surface area (Å²) in [6.07, 6.45) is 39.0. The quantitative estimate of drug-likeness (QED) is 0.0354. The lowest BCUT2D eigenvalue weighted by Gasteiger charge is -2.08. The molecule has 0 saturated carbocycles. The second-order valence-corrected chi connectivity index (χ2v) is 12.8. The normalized spacial score (nSPS) is 11.3. The van der Waals surface area contributed by atoms with Gasteiger partial charge in [-0.1, -0.05) is 174 Å². The van der Waals surface area contributed by atoms with Crippen LogP contribution in [0.15, 0.2) is 24.3 Å². The van der Waals surface area contributed by atoms with Crippen LogP contribution in [0.25, 0.3) is 6.08 Å². The van der Waals surface area contributed by atoms with E-state index >= 15 is 0 Å². The van der Waals surface area contributed by atoms with Crippen molar-refractivity contribution in [3.05, 3.63) is 29.8 Å². The molecule has 0 bridgehead atoms. The predicted octanol–water partition coefficient (Wildman–Crippen LogP) is 12.3. The average Bonchev–Trinajstić information content (AvgIpc) is 3.03. The lowest BCUT2D eigenvalue weighted by Crippen LogP contribution is -2.03. The van der Waals surface area contributed by atoms with Gasteiger partial charge >= 0.3 is 11.9 Å². The SMILES string of the molecule is CCCCCCCCCCCCCCCCCCCCCCCCCCCCOC(=O)/C=C/c1ccc(OC(C)=O)c(OC)c1. The van der Waals surface area contributed by atoms with E-state index in [1.54, 1.807) is 24.3 Å². The van der Waals surface area contributed by atoms with Crippen LogP contribution in [-0.4, -0.2) is 25.7 Å². The molecule has 0 aliphatic rings. The van der Waals surface area contributed by atoms with E-state index < -0.39 is 5.97 Å². The maximum Gasteiger partial charge on any atom is 0.330 e. The standard InChI is InChI=1S/C40H68O5/c1-4-5-6-7-8-9-10-11-12-13-14-15-16-17-18-19-20-21-22-23-24-25-26-27-28-29-34-44-40(42)33-31-37-30-32-38(45-36(2)41)39(35-37)43-3/h30-33,35H,4-29,34H2,1-3H3/b33-31+. The number of carbonyl (C=O) groups is 2. The summed E-state index contributed by atoms with van der Waals surface area (Å²) in [7, 11) is 1.51. The largest absolute Gasteiger partial charge is 0.493 e. The van der Waals surface area contributed by atoms with E-state index in [-0.39, 0.29) is 5.97 Å². The minimum absolute atomic E-state index is 0.349. The Morgan fingerprint density at radius 2 is 0.978 bits per heavy atom. The first kappa shape index (κ1) is 40.7. The van der Waals surface area contributed by atoms with Crippen molar-refractivity contribution in [3.8, 4) is 11.5 Å². The van der Waals surface area contributed by atoms with Gasteiger partial charge in [0.2, 0.25) is 0 Å². The van der Waals surface area contributed by atoms with E-state index in [0.717, 1.165) is 18.4 Å². The van der Waals surface area contributed by atoms with E-state index in [9.17, 15) is 9.59 Å². The van der Waals surface area contributed by atoms with E-state index in [4.69, 9.17) is 14.2 Å². The van der Waals surface area contributed by atoms with Gasteiger partial charge < -0.3 is 14.2 Å². The van der Waals surface area contributed by atoms with Crippen molar-refractivity contribution in [1.82, 2.24) is 0 Å². The molecule has 0 saturated heterocycles. The number of esters is 2. The van der Waals surface area contributed by atoms with Crippen molar-refractivity contribution >= 4 is 18.0 Å². The second kappa shape index (κ2) is 30.4. The number of benzene rings is 1. The highest BCUT2D eigenvalue weighted by atomic mass is 16.6. The van der Waals surface area contributed by atoms with Gasteiger partial charge in [0.25, 0.3) is 0 Å². The number of methoxy groups -OCH3 is 1. The summed E-state index contributed by atoms with van der Waals surface area (Å²) in [5.74, 6) is 0.0283. The first-order valence-corrected chi connectivity index (χ1v) is 18.8. The molecule has 0 amide bonds. The molecule has 1 aromatic rings. The molecule has 0 unspecified atom stereocenters. The molecule has 0 spiro atoms. The highest BCUT2D eigenvalue weighted by Gasteiger charge is 2.07. The summed E-state index contributed by atoms with van der Waals surface area (Å²) < 4.78 is 15.7. The van der Waals surface area contributed by atoms with Crippen LogP contribution in [-0.2, 0) is 14.3 Å². The Hall–Kier alpha value is -2.30. The number of carbonyl (C=O) groups excluding carboxylic acids is 2. The molecule has 0 fully saturated rings. The van der Waals surface area contributed by atoms with Crippen molar-refractivity contribution in [3.63, 3.8) is 0 Å². The van der Waals surface area contributed by atoms with Gasteiger partial charge in [0.05, 0.1) is 13.7 Å². The molecule has 0 heterocycles. The first-order chi connectivity index (χ1) is 22.1. The third-order valence-electron chi connectivity index (χ3n) is 8.60. The zero-order chi connectivity index (χ0) is 32.6. The third-order valence-corrected chi connectivity index (χ3v) is 8.60. The van der Waals surface area contributed by atoms with Crippen molar-refractivity contribution in [2.45, 2.75) is 181 Å². The smallest absolute Gasteiger partial charge is 0.330 e. The summed E-state index contributed by atoms with van der Waals surface area (Å²) in [6, 6.07) is 5.12. The van der Waals surface area contributed by atoms with Crippen molar-refractivity contribution in [1.29, 1.82) is 0 Å². The number of unbranched alkanes of at least 4 members (excludes halogenated alkanes) is 25. The molecule has 0 atom stereocenters. The van der Waals surface area contributed by atoms with E-state index in [2.05, 4.69) is 6.92 Å². The van der Waals surface area contributed by atoms with Gasteiger partial charge in [-0.2, -0.15) is 0 Å². The molecule has 0 radical (unpaired) electrons. The van der Waals surface area contributed by atoms with E-state index in [1.165, 1.54) is 174 Å². The Balaban J connectivity index is 1.82. The Morgan fingerprint density at radius 1 is 0.578 bits per heavy atom. The summed E-state index contributed by atoms with van der Waals surface area (Å²) in [5, 5.41) is 0. The van der Waals surface area contributed by atoms with Crippen LogP contribution in [0.5, 0.6) is 11.5 Å². The Labute approximate surface area is 277 Å². The van der Waals surface area contributed by atoms with Crippen LogP contribution in [0.1, 0.15) is 186 Å². The maximum absolute atomic E-state index is 12.0. The van der Waals surface area contributed by atoms with Gasteiger partial charge in [-0.05, 0) is 30.2 Å². The van der Waals surface area contributed by atoms with Crippen LogP contribution in [0.3, 0.4) is 0 Å². The van der Waals surface area contributed by atoms with Crippen LogP contribution >= 0.6 is 0 Å². The molecule has 0 N–H and O–H groups in total. The molecule has 5 nitrogen and oxygen atoms in total. The second-order valence-electron chi connectivity index (χ2n) is 12.8. The monoisotopic (exact) mass is 629 g/mol. The lowest BCUT2D eigenvalue weighted by atomic mass is 10.0. The number of rotatable bonds is 31. The zero-order valence-corrected chi connectivity index (χ0v) is 29.5. The molecule has 258 valence electrons. The van der Waals surface area contributed by atoms with Crippen LogP contribution < -0.4 is 9.47 Å². The highest BCUT2D eigenvalue weighted by molar-refractivity contribution is 5.87. The zero-order valence-electron chi connectivity index (χ0n) is 29.5. The maximum atomic E-state index is 12.0. The fourth-order valence-corrected chi connectivity index (χ4v) is 5.83. The van der Waals surface area contributed by atoms with Gasteiger partial charge in [-0.25, -0.2) is 4.79 Å². The summed E-state index contributed by atoms with van der Waals surface area (Å²) >= 11 is 0. The number of hydrogen-bond donors (Lipinski definition) is 0. The lowest BCUT2D eigenvalue weighted by molar-refractivity contribution is -0.137. The molecular formula is C40H68O5. The molecule has 0 aromatic heterocycles. The van der Waals surface area contributed by atoms with Gasteiger partial charge in [-0.3, -0.25) is 4.79 Å². The average molecular weight is 629 g/mol. The first-order valence-electron chi connectivity index (χ1n) is 18.8. The number of ether oxygens (including phenoxy) is 3. The van der Waals surface area contributed by atoms with Gasteiger partial charge in [0.15, 0.2) is 11.5 Å². The fraction of sp³-hybridized carbons (Fsp3) is 0.750.